The number of ether oxygens (including phenoxy) is 6. The molecule has 4 aliphatic rings. The highest BCUT2D eigenvalue weighted by atomic mass is 32.2. The van der Waals surface area contributed by atoms with Crippen LogP contribution in [0, 0.1) is 17.8 Å². The normalized spacial score (nSPS) is 24.1. The Morgan fingerprint density at radius 1 is 0.950 bits per heavy atom. The maximum Gasteiger partial charge on any atom is 0.410 e. The van der Waals surface area contributed by atoms with Crippen LogP contribution in [0.4, 0.5) is 4.79 Å². The molecule has 0 saturated heterocycles. The SMILES string of the molecule is C=CCOC12Oc3ccc(Oc4ccc(SC)cc4)cc3C3C(CCCCO)C(CCCCO)C=C(C(=NOCC)CC1N(Cc1ccc4c(c1)OCO4)C(=O)OCC)C32. The van der Waals surface area contributed by atoms with E-state index >= 15 is 0 Å². The fraction of sp³-hybridized carbons (Fsp3) is 0.489. The van der Waals surface area contributed by atoms with Crippen LogP contribution in [-0.4, -0.2) is 84.8 Å². The molecule has 2 aliphatic carbocycles. The third-order valence-electron chi connectivity index (χ3n) is 11.9. The average molecular weight is 843 g/mol. The second-order valence-electron chi connectivity index (χ2n) is 15.5. The van der Waals surface area contributed by atoms with Crippen molar-refractivity contribution in [3.63, 3.8) is 0 Å². The molecule has 7 rings (SSSR count). The average Bonchev–Trinajstić information content (AvgIpc) is 3.74. The second-order valence-corrected chi connectivity index (χ2v) is 16.4. The first kappa shape index (κ1) is 43.4. The zero-order valence-electron chi connectivity index (χ0n) is 34.9. The Bertz CT molecular complexity index is 2010. The molecule has 2 aliphatic heterocycles. The predicted octanol–water partition coefficient (Wildman–Crippen LogP) is 9.24. The van der Waals surface area contributed by atoms with E-state index < -0.39 is 23.8 Å². The molecule has 2 N–H and O–H groups in total. The van der Waals surface area contributed by atoms with Gasteiger partial charge < -0.3 is 43.5 Å². The summed E-state index contributed by atoms with van der Waals surface area (Å²) >= 11 is 1.67. The van der Waals surface area contributed by atoms with E-state index in [2.05, 4.69) is 18.7 Å². The number of unbranched alkanes of at least 4 members (excludes halogenated alkanes) is 2. The molecule has 6 atom stereocenters. The van der Waals surface area contributed by atoms with E-state index in [-0.39, 0.29) is 63.9 Å². The summed E-state index contributed by atoms with van der Waals surface area (Å²) in [5, 5.41) is 24.6. The quantitative estimate of drug-likeness (QED) is 0.0488. The van der Waals surface area contributed by atoms with Crippen LogP contribution in [0.3, 0.4) is 0 Å². The fourth-order valence-electron chi connectivity index (χ4n) is 9.38. The molecule has 0 aromatic heterocycles. The van der Waals surface area contributed by atoms with Gasteiger partial charge in [-0.2, -0.15) is 0 Å². The van der Waals surface area contributed by atoms with E-state index in [1.807, 2.05) is 67.8 Å². The third-order valence-corrected chi connectivity index (χ3v) is 12.7. The van der Waals surface area contributed by atoms with E-state index in [1.54, 1.807) is 29.7 Å². The Balaban J connectivity index is 1.43. The molecule has 6 unspecified atom stereocenters. The summed E-state index contributed by atoms with van der Waals surface area (Å²) in [6.07, 6.45) is 10.5. The number of thioether (sulfide) groups is 1. The van der Waals surface area contributed by atoms with Gasteiger partial charge in [0.15, 0.2) is 11.5 Å². The largest absolute Gasteiger partial charge is 0.459 e. The Hall–Kier alpha value is -4.69. The number of hydrogen-bond acceptors (Lipinski definition) is 12. The summed E-state index contributed by atoms with van der Waals surface area (Å²) < 4.78 is 38.1. The first-order chi connectivity index (χ1) is 29.4. The smallest absolute Gasteiger partial charge is 0.410 e. The van der Waals surface area contributed by atoms with E-state index in [9.17, 15) is 15.0 Å². The third kappa shape index (κ3) is 9.14. The van der Waals surface area contributed by atoms with E-state index in [0.29, 0.717) is 48.2 Å². The number of allylic oxidation sites excluding steroid dienone is 1. The molecule has 1 saturated carbocycles. The molecule has 3 aromatic carbocycles. The summed E-state index contributed by atoms with van der Waals surface area (Å²) in [6.45, 7) is 8.88. The molecule has 3 aromatic rings. The van der Waals surface area contributed by atoms with Crippen molar-refractivity contribution in [1.82, 2.24) is 4.90 Å². The Morgan fingerprint density at radius 3 is 2.43 bits per heavy atom. The van der Waals surface area contributed by atoms with Gasteiger partial charge >= 0.3 is 6.09 Å². The van der Waals surface area contributed by atoms with Crippen molar-refractivity contribution >= 4 is 23.6 Å². The summed E-state index contributed by atoms with van der Waals surface area (Å²) in [5.74, 6) is 1.31. The van der Waals surface area contributed by atoms with Gasteiger partial charge in [0, 0.05) is 42.6 Å². The molecular formula is C47H58N2O10S. The van der Waals surface area contributed by atoms with E-state index in [1.165, 1.54) is 0 Å². The van der Waals surface area contributed by atoms with Crippen molar-refractivity contribution in [1.29, 1.82) is 0 Å². The summed E-state index contributed by atoms with van der Waals surface area (Å²) in [5.41, 5.74) is 3.45. The number of rotatable bonds is 20. The van der Waals surface area contributed by atoms with Gasteiger partial charge in [-0.3, -0.25) is 4.90 Å². The lowest BCUT2D eigenvalue weighted by molar-refractivity contribution is -0.256. The first-order valence-corrected chi connectivity index (χ1v) is 22.4. The first-order valence-electron chi connectivity index (χ1n) is 21.2. The van der Waals surface area contributed by atoms with Crippen molar-refractivity contribution < 1.29 is 48.3 Å². The minimum atomic E-state index is -1.44. The highest BCUT2D eigenvalue weighted by Gasteiger charge is 2.65. The van der Waals surface area contributed by atoms with Crippen LogP contribution in [0.25, 0.3) is 0 Å². The Kier molecular flexibility index (Phi) is 14.6. The number of oxime groups is 1. The van der Waals surface area contributed by atoms with Crippen LogP contribution in [-0.2, 0) is 20.9 Å². The number of benzene rings is 3. The fourth-order valence-corrected chi connectivity index (χ4v) is 9.79. The zero-order chi connectivity index (χ0) is 42.1. The maximum atomic E-state index is 14.4. The van der Waals surface area contributed by atoms with Crippen LogP contribution in [0.15, 0.2) is 95.0 Å². The van der Waals surface area contributed by atoms with Gasteiger partial charge in [0.05, 0.1) is 24.8 Å². The number of aliphatic hydroxyl groups excluding tert-OH is 2. The van der Waals surface area contributed by atoms with Crippen LogP contribution < -0.4 is 18.9 Å². The number of hydrogen-bond donors (Lipinski definition) is 2. The number of carbonyl (C=O) groups excluding carboxylic acids is 1. The van der Waals surface area contributed by atoms with Crippen molar-refractivity contribution in [2.45, 2.75) is 88.0 Å². The molecule has 1 fully saturated rings. The molecule has 322 valence electrons. The van der Waals surface area contributed by atoms with Crippen molar-refractivity contribution in [2.75, 3.05) is 46.1 Å². The lowest BCUT2D eigenvalue weighted by Gasteiger charge is -2.59. The molecule has 0 radical (unpaired) electrons. The second kappa shape index (κ2) is 20.2. The van der Waals surface area contributed by atoms with Gasteiger partial charge in [-0.25, -0.2) is 4.79 Å². The molecule has 2 heterocycles. The lowest BCUT2D eigenvalue weighted by Crippen LogP contribution is -2.70. The minimum Gasteiger partial charge on any atom is -0.459 e. The van der Waals surface area contributed by atoms with Crippen LogP contribution in [0.2, 0.25) is 0 Å². The topological polar surface area (TPSA) is 138 Å². The number of nitrogens with zero attached hydrogens (tertiary/aromatic N) is 2. The van der Waals surface area contributed by atoms with Gasteiger partial charge in [-0.15, -0.1) is 18.3 Å². The van der Waals surface area contributed by atoms with Gasteiger partial charge in [-0.05, 0) is 123 Å². The van der Waals surface area contributed by atoms with Gasteiger partial charge in [-0.1, -0.05) is 36.2 Å². The molecule has 12 nitrogen and oxygen atoms in total. The number of aliphatic hydroxyl groups is 2. The molecule has 60 heavy (non-hydrogen) atoms. The van der Waals surface area contributed by atoms with Crippen molar-refractivity contribution in [3.05, 3.63) is 96.1 Å². The van der Waals surface area contributed by atoms with Crippen molar-refractivity contribution in [3.8, 4) is 28.7 Å². The molecule has 0 bridgehead atoms. The van der Waals surface area contributed by atoms with Crippen molar-refractivity contribution in [2.24, 2.45) is 22.9 Å². The van der Waals surface area contributed by atoms with Gasteiger partial charge in [0.1, 0.15) is 29.9 Å². The van der Waals surface area contributed by atoms with Crippen LogP contribution >= 0.6 is 11.8 Å². The molecule has 1 amide bonds. The zero-order valence-corrected chi connectivity index (χ0v) is 35.7. The van der Waals surface area contributed by atoms with Crippen LogP contribution in [0.1, 0.15) is 75.8 Å². The predicted molar refractivity (Wildman–Crippen MR) is 230 cm³/mol. The highest BCUT2D eigenvalue weighted by Crippen LogP contribution is 2.62. The van der Waals surface area contributed by atoms with E-state index in [0.717, 1.165) is 53.0 Å². The van der Waals surface area contributed by atoms with Gasteiger partial charge in [0.25, 0.3) is 0 Å². The Labute approximate surface area is 357 Å². The highest BCUT2D eigenvalue weighted by molar-refractivity contribution is 7.98. The number of amides is 1. The van der Waals surface area contributed by atoms with Crippen LogP contribution in [0.5, 0.6) is 28.7 Å². The van der Waals surface area contributed by atoms with Gasteiger partial charge in [0.2, 0.25) is 12.6 Å². The number of carbonyl (C=O) groups is 1. The number of fused-ring (bicyclic) bond motifs is 3. The molecule has 0 spiro atoms. The lowest BCUT2D eigenvalue weighted by atomic mass is 9.55. The summed E-state index contributed by atoms with van der Waals surface area (Å²) in [7, 11) is 0. The monoisotopic (exact) mass is 842 g/mol. The molecule has 13 heteroatoms. The standard InChI is InChI=1S/C47H58N2O10S/c1-5-24-56-47-43(49(46(52)53-6-2)29-31-14-20-41-42(25-31)55-30-54-41)28-39(48-57-7-3)37-26-32(12-8-10-22-50)36(13-9-11-23-51)44(45(37)47)38-27-34(17-21-40(38)59-47)58-33-15-18-35(60-4)19-16-33/h5,14-21,25-27,32,36,43-45,50-51H,1,6-13,22-24,28-30H2,2-4H3. The summed E-state index contributed by atoms with van der Waals surface area (Å²) in [6, 6.07) is 18.9. The molecular weight excluding hydrogens is 785 g/mol. The minimum absolute atomic E-state index is 0.0615. The summed E-state index contributed by atoms with van der Waals surface area (Å²) in [4.78, 5) is 23.2. The van der Waals surface area contributed by atoms with E-state index in [4.69, 9.17) is 38.4 Å². The Morgan fingerprint density at radius 2 is 1.70 bits per heavy atom. The maximum absolute atomic E-state index is 14.4.